The Hall–Kier alpha value is -2.90. The molecule has 0 aliphatic carbocycles. The van der Waals surface area contributed by atoms with Gasteiger partial charge in [0.2, 0.25) is 17.7 Å². The zero-order valence-corrected chi connectivity index (χ0v) is 20.6. The van der Waals surface area contributed by atoms with Crippen LogP contribution in [0.3, 0.4) is 0 Å². The van der Waals surface area contributed by atoms with Gasteiger partial charge in [-0.15, -0.1) is 0 Å². The highest BCUT2D eigenvalue weighted by molar-refractivity contribution is 6.00. The number of anilines is 1. The first-order chi connectivity index (χ1) is 16.3. The van der Waals surface area contributed by atoms with E-state index in [-0.39, 0.29) is 42.6 Å². The quantitative estimate of drug-likeness (QED) is 0.517. The van der Waals surface area contributed by atoms with Gasteiger partial charge in [0, 0.05) is 38.8 Å². The molecule has 8 heteroatoms. The summed E-state index contributed by atoms with van der Waals surface area (Å²) >= 11 is 0. The Morgan fingerprint density at radius 1 is 1.06 bits per heavy atom. The summed E-state index contributed by atoms with van der Waals surface area (Å²) < 4.78 is 5.07. The van der Waals surface area contributed by atoms with Crippen LogP contribution in [0.4, 0.5) is 5.69 Å². The molecule has 1 atom stereocenters. The van der Waals surface area contributed by atoms with E-state index in [0.717, 1.165) is 24.9 Å². The predicted molar refractivity (Wildman–Crippen MR) is 129 cm³/mol. The van der Waals surface area contributed by atoms with Gasteiger partial charge in [-0.1, -0.05) is 25.5 Å². The second-order valence-corrected chi connectivity index (χ2v) is 9.28. The van der Waals surface area contributed by atoms with Gasteiger partial charge in [-0.2, -0.15) is 0 Å². The Balaban J connectivity index is 1.49. The molecule has 1 aromatic carbocycles. The number of benzene rings is 1. The highest BCUT2D eigenvalue weighted by atomic mass is 16.5. The molecule has 0 N–H and O–H groups in total. The van der Waals surface area contributed by atoms with Gasteiger partial charge in [-0.3, -0.25) is 19.2 Å². The average molecular weight is 472 g/mol. The van der Waals surface area contributed by atoms with Crippen molar-refractivity contribution in [2.24, 2.45) is 11.8 Å². The molecule has 0 spiro atoms. The lowest BCUT2D eigenvalue weighted by molar-refractivity contribution is -0.151. The maximum Gasteiger partial charge on any atom is 0.309 e. The molecule has 0 radical (unpaired) electrons. The molecule has 2 aliphatic heterocycles. The van der Waals surface area contributed by atoms with Crippen LogP contribution in [0.25, 0.3) is 0 Å². The number of ether oxygens (including phenoxy) is 1. The van der Waals surface area contributed by atoms with Crippen LogP contribution in [-0.2, 0) is 30.3 Å². The maximum atomic E-state index is 13.0. The van der Waals surface area contributed by atoms with Crippen molar-refractivity contribution in [3.8, 4) is 0 Å². The van der Waals surface area contributed by atoms with Crippen LogP contribution in [0.2, 0.25) is 0 Å². The number of esters is 1. The summed E-state index contributed by atoms with van der Waals surface area (Å²) in [7, 11) is 1.61. The molecule has 1 unspecified atom stereocenters. The van der Waals surface area contributed by atoms with Gasteiger partial charge in [0.05, 0.1) is 25.0 Å². The zero-order valence-electron chi connectivity index (χ0n) is 20.6. The van der Waals surface area contributed by atoms with Crippen LogP contribution in [-0.4, -0.2) is 73.3 Å². The summed E-state index contributed by atoms with van der Waals surface area (Å²) in [5.41, 5.74) is 2.05. The van der Waals surface area contributed by atoms with Gasteiger partial charge >= 0.3 is 5.97 Å². The average Bonchev–Trinajstić information content (AvgIpc) is 3.24. The van der Waals surface area contributed by atoms with Gasteiger partial charge in [0.15, 0.2) is 0 Å². The SMILES string of the molecule is CCCCc1ccc(N2CC(C(=O)N(C)CC(=O)N3CCC(C(=O)OCC)CC3)CC2=O)cc1. The largest absolute Gasteiger partial charge is 0.466 e. The minimum absolute atomic E-state index is 0.0281. The number of hydrogen-bond donors (Lipinski definition) is 0. The molecule has 2 aliphatic rings. The lowest BCUT2D eigenvalue weighted by Crippen LogP contribution is -2.46. The fourth-order valence-corrected chi connectivity index (χ4v) is 4.66. The minimum atomic E-state index is -0.459. The van der Waals surface area contributed by atoms with E-state index in [9.17, 15) is 19.2 Å². The van der Waals surface area contributed by atoms with Crippen molar-refractivity contribution in [2.45, 2.75) is 52.4 Å². The van der Waals surface area contributed by atoms with Crippen LogP contribution in [0.5, 0.6) is 0 Å². The molecule has 0 aromatic heterocycles. The second kappa shape index (κ2) is 12.0. The predicted octanol–water partition coefficient (Wildman–Crippen LogP) is 2.64. The van der Waals surface area contributed by atoms with Crippen LogP contribution < -0.4 is 4.90 Å². The molecule has 2 fully saturated rings. The molecule has 34 heavy (non-hydrogen) atoms. The molecular formula is C26H37N3O5. The van der Waals surface area contributed by atoms with Crippen LogP contribution in [0, 0.1) is 11.8 Å². The topological polar surface area (TPSA) is 87.2 Å². The molecule has 8 nitrogen and oxygen atoms in total. The third-order valence-electron chi connectivity index (χ3n) is 6.76. The Kier molecular flexibility index (Phi) is 9.07. The lowest BCUT2D eigenvalue weighted by atomic mass is 9.97. The smallest absolute Gasteiger partial charge is 0.309 e. The molecule has 2 saturated heterocycles. The van der Waals surface area contributed by atoms with Crippen molar-refractivity contribution in [3.63, 3.8) is 0 Å². The number of carbonyl (C=O) groups excluding carboxylic acids is 4. The fourth-order valence-electron chi connectivity index (χ4n) is 4.66. The number of likely N-dealkylation sites (tertiary alicyclic amines) is 1. The molecular weight excluding hydrogens is 434 g/mol. The molecule has 0 bridgehead atoms. The Labute approximate surface area is 202 Å². The minimum Gasteiger partial charge on any atom is -0.466 e. The molecule has 186 valence electrons. The summed E-state index contributed by atoms with van der Waals surface area (Å²) in [5, 5.41) is 0. The maximum absolute atomic E-state index is 13.0. The number of rotatable bonds is 9. The van der Waals surface area contributed by atoms with Gasteiger partial charge in [-0.25, -0.2) is 0 Å². The number of nitrogens with zero attached hydrogens (tertiary/aromatic N) is 3. The molecule has 3 rings (SSSR count). The normalized spacial score (nSPS) is 18.8. The summed E-state index contributed by atoms with van der Waals surface area (Å²) in [6.45, 7) is 5.56. The number of hydrogen-bond acceptors (Lipinski definition) is 5. The number of aryl methyl sites for hydroxylation is 1. The number of amides is 3. The number of carbonyl (C=O) groups is 4. The van der Waals surface area contributed by atoms with Crippen molar-refractivity contribution in [1.29, 1.82) is 0 Å². The van der Waals surface area contributed by atoms with Gasteiger partial charge in [-0.05, 0) is 50.3 Å². The fraction of sp³-hybridized carbons (Fsp3) is 0.615. The van der Waals surface area contributed by atoms with Crippen molar-refractivity contribution >= 4 is 29.4 Å². The van der Waals surface area contributed by atoms with E-state index in [2.05, 4.69) is 6.92 Å². The van der Waals surface area contributed by atoms with E-state index < -0.39 is 5.92 Å². The number of piperidine rings is 1. The Bertz CT molecular complexity index is 877. The first kappa shape index (κ1) is 25.7. The molecule has 0 saturated carbocycles. The first-order valence-electron chi connectivity index (χ1n) is 12.4. The Morgan fingerprint density at radius 3 is 2.35 bits per heavy atom. The van der Waals surface area contributed by atoms with Crippen molar-refractivity contribution < 1.29 is 23.9 Å². The highest BCUT2D eigenvalue weighted by Gasteiger charge is 2.37. The summed E-state index contributed by atoms with van der Waals surface area (Å²) in [5.74, 6) is -1.22. The Morgan fingerprint density at radius 2 is 1.74 bits per heavy atom. The van der Waals surface area contributed by atoms with Crippen molar-refractivity contribution in [2.75, 3.05) is 44.7 Å². The van der Waals surface area contributed by atoms with Crippen LogP contribution in [0.15, 0.2) is 24.3 Å². The number of unbranched alkanes of at least 4 members (excludes halogenated alkanes) is 1. The monoisotopic (exact) mass is 471 g/mol. The molecule has 3 amide bonds. The van der Waals surface area contributed by atoms with Crippen molar-refractivity contribution in [1.82, 2.24) is 9.80 Å². The standard InChI is InChI=1S/C26H37N3O5/c1-4-6-7-19-8-10-22(11-9-19)29-17-21(16-23(29)30)25(32)27(3)18-24(31)28-14-12-20(13-15-28)26(33)34-5-2/h8-11,20-21H,4-7,12-18H2,1-3H3. The van der Waals surface area contributed by atoms with Gasteiger partial charge in [0.25, 0.3) is 0 Å². The number of likely N-dealkylation sites (N-methyl/N-ethyl adjacent to an activating group) is 1. The summed E-state index contributed by atoms with van der Waals surface area (Å²) in [6, 6.07) is 7.98. The highest BCUT2D eigenvalue weighted by Crippen LogP contribution is 2.27. The van der Waals surface area contributed by atoms with Crippen LogP contribution >= 0.6 is 0 Å². The first-order valence-corrected chi connectivity index (χ1v) is 12.4. The zero-order chi connectivity index (χ0) is 24.7. The van der Waals surface area contributed by atoms with Crippen molar-refractivity contribution in [3.05, 3.63) is 29.8 Å². The van der Waals surface area contributed by atoms with E-state index in [1.807, 2.05) is 24.3 Å². The van der Waals surface area contributed by atoms with E-state index in [1.54, 1.807) is 23.8 Å². The second-order valence-electron chi connectivity index (χ2n) is 9.28. The molecule has 1 aromatic rings. The van der Waals surface area contributed by atoms with E-state index in [1.165, 1.54) is 10.5 Å². The third-order valence-corrected chi connectivity index (χ3v) is 6.76. The lowest BCUT2D eigenvalue weighted by Gasteiger charge is -2.32. The van der Waals surface area contributed by atoms with E-state index in [4.69, 9.17) is 4.74 Å². The van der Waals surface area contributed by atoms with Crippen LogP contribution in [0.1, 0.15) is 51.5 Å². The summed E-state index contributed by atoms with van der Waals surface area (Å²) in [6.07, 6.45) is 4.59. The summed E-state index contributed by atoms with van der Waals surface area (Å²) in [4.78, 5) is 55.0. The van der Waals surface area contributed by atoms with Gasteiger partial charge in [0.1, 0.15) is 0 Å². The van der Waals surface area contributed by atoms with E-state index >= 15 is 0 Å². The van der Waals surface area contributed by atoms with E-state index in [0.29, 0.717) is 39.1 Å². The van der Waals surface area contributed by atoms with Gasteiger partial charge < -0.3 is 19.4 Å². The molecule has 2 heterocycles. The third kappa shape index (κ3) is 6.36.